The molecule has 1 amide bonds. The van der Waals surface area contributed by atoms with Crippen molar-refractivity contribution in [2.24, 2.45) is 0 Å². The van der Waals surface area contributed by atoms with Crippen molar-refractivity contribution in [1.29, 1.82) is 0 Å². The largest absolute Gasteiger partial charge is 0.324 e. The first kappa shape index (κ1) is 15.6. The average Bonchev–Trinajstić information content (AvgIpc) is 2.91. The second-order valence-corrected chi connectivity index (χ2v) is 6.53. The van der Waals surface area contributed by atoms with Gasteiger partial charge >= 0.3 is 0 Å². The van der Waals surface area contributed by atoms with Crippen LogP contribution in [0.4, 0.5) is 10.1 Å². The maximum atomic E-state index is 13.5. The van der Waals surface area contributed by atoms with Crippen LogP contribution in [0.2, 0.25) is 0 Å². The summed E-state index contributed by atoms with van der Waals surface area (Å²) in [6.07, 6.45) is 0. The Morgan fingerprint density at radius 1 is 1.22 bits per heavy atom. The molecule has 1 atom stereocenters. The number of carbonyl (C=O) groups is 1. The highest BCUT2D eigenvalue weighted by Crippen LogP contribution is 2.20. The van der Waals surface area contributed by atoms with E-state index in [1.165, 1.54) is 6.07 Å². The van der Waals surface area contributed by atoms with Crippen molar-refractivity contribution in [2.45, 2.75) is 6.54 Å². The molecular weight excluding hydrogens is 313 g/mol. The summed E-state index contributed by atoms with van der Waals surface area (Å²) in [5, 5.41) is 3.59. The van der Waals surface area contributed by atoms with Gasteiger partial charge in [-0.3, -0.25) is 4.79 Å². The van der Waals surface area contributed by atoms with Crippen LogP contribution in [0.3, 0.4) is 0 Å². The number of nitrogens with zero attached hydrogens (tertiary/aromatic N) is 1. The zero-order valence-corrected chi connectivity index (χ0v) is 13.5. The molecule has 1 unspecified atom stereocenters. The zero-order valence-electron chi connectivity index (χ0n) is 12.7. The van der Waals surface area contributed by atoms with Crippen LogP contribution >= 0.6 is 11.3 Å². The number of hydrogen-bond donors (Lipinski definition) is 2. The third-order valence-corrected chi connectivity index (χ3v) is 4.44. The Hall–Kier alpha value is -2.31. The number of aromatic nitrogens is 1. The number of rotatable bonds is 5. The standard InChI is InChI=1S/C17H16FN3OS/c1-21(10-16(22)19-13-7-3-2-6-12(13)18)11-17-20-14-8-4-5-9-15(14)23-17/h2-9H,10-11H2,1H3,(H,19,22)/p+1. The van der Waals surface area contributed by atoms with E-state index in [2.05, 4.69) is 10.3 Å². The van der Waals surface area contributed by atoms with E-state index in [0.29, 0.717) is 6.54 Å². The summed E-state index contributed by atoms with van der Waals surface area (Å²) in [5.41, 5.74) is 1.20. The third-order valence-electron chi connectivity index (χ3n) is 3.40. The Bertz CT molecular complexity index is 800. The van der Waals surface area contributed by atoms with Crippen molar-refractivity contribution in [3.05, 3.63) is 59.4 Å². The molecule has 4 nitrogen and oxygen atoms in total. The number of hydrogen-bond acceptors (Lipinski definition) is 3. The molecule has 0 aliphatic carbocycles. The number of likely N-dealkylation sites (N-methyl/N-ethyl adjacent to an activating group) is 1. The Kier molecular flexibility index (Phi) is 4.64. The molecule has 0 bridgehead atoms. The fourth-order valence-corrected chi connectivity index (χ4v) is 3.43. The highest BCUT2D eigenvalue weighted by molar-refractivity contribution is 7.18. The van der Waals surface area contributed by atoms with Crippen LogP contribution in [0.15, 0.2) is 48.5 Å². The van der Waals surface area contributed by atoms with Crippen LogP contribution in [-0.4, -0.2) is 24.5 Å². The van der Waals surface area contributed by atoms with Crippen LogP contribution in [0.1, 0.15) is 5.01 Å². The normalized spacial score (nSPS) is 12.3. The fraction of sp³-hybridized carbons (Fsp3) is 0.176. The molecule has 0 saturated heterocycles. The van der Waals surface area contributed by atoms with E-state index in [0.717, 1.165) is 20.1 Å². The van der Waals surface area contributed by atoms with Crippen molar-refractivity contribution in [3.63, 3.8) is 0 Å². The summed E-state index contributed by atoms with van der Waals surface area (Å²) in [6, 6.07) is 14.1. The second-order valence-electron chi connectivity index (χ2n) is 5.41. The van der Waals surface area contributed by atoms with Gasteiger partial charge in [-0.25, -0.2) is 9.37 Å². The maximum absolute atomic E-state index is 13.5. The number of para-hydroxylation sites is 2. The number of thiazole rings is 1. The first-order valence-electron chi connectivity index (χ1n) is 7.32. The van der Waals surface area contributed by atoms with Crippen LogP contribution < -0.4 is 10.2 Å². The van der Waals surface area contributed by atoms with E-state index in [9.17, 15) is 9.18 Å². The smallest absolute Gasteiger partial charge is 0.279 e. The third kappa shape index (κ3) is 3.91. The first-order chi connectivity index (χ1) is 11.1. The molecule has 6 heteroatoms. The van der Waals surface area contributed by atoms with Crippen LogP contribution in [0.5, 0.6) is 0 Å². The lowest BCUT2D eigenvalue weighted by Crippen LogP contribution is -3.08. The van der Waals surface area contributed by atoms with Crippen LogP contribution in [-0.2, 0) is 11.3 Å². The lowest BCUT2D eigenvalue weighted by molar-refractivity contribution is -0.885. The van der Waals surface area contributed by atoms with Crippen molar-refractivity contribution >= 4 is 33.1 Å². The summed E-state index contributed by atoms with van der Waals surface area (Å²) < 4.78 is 14.7. The van der Waals surface area contributed by atoms with Gasteiger partial charge in [0.05, 0.1) is 23.0 Å². The van der Waals surface area contributed by atoms with Crippen molar-refractivity contribution in [3.8, 4) is 0 Å². The molecule has 1 aromatic heterocycles. The summed E-state index contributed by atoms with van der Waals surface area (Å²) in [5.74, 6) is -0.640. The summed E-state index contributed by atoms with van der Waals surface area (Å²) in [6.45, 7) is 0.911. The van der Waals surface area contributed by atoms with Gasteiger partial charge in [0.2, 0.25) is 0 Å². The van der Waals surface area contributed by atoms with Crippen molar-refractivity contribution in [1.82, 2.24) is 4.98 Å². The maximum Gasteiger partial charge on any atom is 0.279 e. The van der Waals surface area contributed by atoms with E-state index in [-0.39, 0.29) is 18.1 Å². The summed E-state index contributed by atoms with van der Waals surface area (Å²) in [4.78, 5) is 17.6. The molecule has 2 N–H and O–H groups in total. The van der Waals surface area contributed by atoms with Crippen LogP contribution in [0.25, 0.3) is 10.2 Å². The Morgan fingerprint density at radius 3 is 2.74 bits per heavy atom. The van der Waals surface area contributed by atoms with Gasteiger partial charge in [0.1, 0.15) is 17.4 Å². The molecule has 3 aromatic rings. The molecule has 0 fully saturated rings. The van der Waals surface area contributed by atoms with E-state index in [4.69, 9.17) is 0 Å². The molecule has 0 aliphatic heterocycles. The summed E-state index contributed by atoms with van der Waals surface area (Å²) >= 11 is 1.64. The number of nitrogens with one attached hydrogen (secondary N) is 2. The van der Waals surface area contributed by atoms with Crippen LogP contribution in [0, 0.1) is 5.82 Å². The highest BCUT2D eigenvalue weighted by Gasteiger charge is 2.14. The SMILES string of the molecule is C[NH+](CC(=O)Nc1ccccc1F)Cc1nc2ccccc2s1. The topological polar surface area (TPSA) is 46.4 Å². The Morgan fingerprint density at radius 2 is 1.96 bits per heavy atom. The molecule has 0 spiro atoms. The predicted octanol–water partition coefficient (Wildman–Crippen LogP) is 2.09. The molecule has 3 rings (SSSR count). The number of quaternary nitrogens is 1. The van der Waals surface area contributed by atoms with Crippen molar-refractivity contribution in [2.75, 3.05) is 18.9 Å². The number of benzene rings is 2. The van der Waals surface area contributed by atoms with Gasteiger partial charge in [-0.05, 0) is 24.3 Å². The molecule has 118 valence electrons. The number of amides is 1. The second kappa shape index (κ2) is 6.85. The van der Waals surface area contributed by atoms with E-state index >= 15 is 0 Å². The van der Waals surface area contributed by atoms with Crippen molar-refractivity contribution < 1.29 is 14.1 Å². The van der Waals surface area contributed by atoms with E-state index < -0.39 is 5.82 Å². The Labute approximate surface area is 137 Å². The minimum atomic E-state index is -0.426. The monoisotopic (exact) mass is 330 g/mol. The minimum absolute atomic E-state index is 0.213. The molecule has 1 heterocycles. The average molecular weight is 330 g/mol. The van der Waals surface area contributed by atoms with Gasteiger partial charge in [0.15, 0.2) is 6.54 Å². The van der Waals surface area contributed by atoms with Gasteiger partial charge < -0.3 is 10.2 Å². The predicted molar refractivity (Wildman–Crippen MR) is 90.1 cm³/mol. The van der Waals surface area contributed by atoms with Gasteiger partial charge in [-0.1, -0.05) is 24.3 Å². The van der Waals surface area contributed by atoms with Gasteiger partial charge in [-0.15, -0.1) is 11.3 Å². The lowest BCUT2D eigenvalue weighted by Gasteiger charge is -2.12. The number of halogens is 1. The zero-order chi connectivity index (χ0) is 16.2. The van der Waals surface area contributed by atoms with E-state index in [1.807, 2.05) is 31.3 Å². The molecule has 23 heavy (non-hydrogen) atoms. The molecule has 0 aliphatic rings. The molecule has 0 radical (unpaired) electrons. The Balaban J connectivity index is 1.59. The minimum Gasteiger partial charge on any atom is -0.324 e. The molecular formula is C17H17FN3OS+. The van der Waals surface area contributed by atoms with Gasteiger partial charge in [0, 0.05) is 0 Å². The number of anilines is 1. The number of carbonyl (C=O) groups excluding carboxylic acids is 1. The van der Waals surface area contributed by atoms with Gasteiger partial charge in [0.25, 0.3) is 5.91 Å². The fourth-order valence-electron chi connectivity index (χ4n) is 2.35. The van der Waals surface area contributed by atoms with Gasteiger partial charge in [-0.2, -0.15) is 0 Å². The highest BCUT2D eigenvalue weighted by atomic mass is 32.1. The lowest BCUT2D eigenvalue weighted by atomic mass is 10.3. The van der Waals surface area contributed by atoms with E-state index in [1.54, 1.807) is 29.5 Å². The molecule has 0 saturated carbocycles. The quantitative estimate of drug-likeness (QED) is 0.752. The first-order valence-corrected chi connectivity index (χ1v) is 8.13. The number of fused-ring (bicyclic) bond motifs is 1. The molecule has 2 aromatic carbocycles. The summed E-state index contributed by atoms with van der Waals surface area (Å²) in [7, 11) is 1.92.